The lowest BCUT2D eigenvalue weighted by atomic mass is 9.99. The topological polar surface area (TPSA) is 80.0 Å². The SMILES string of the molecule is O=C(O)CSc1nnc([C@@H]2CCCNC2)n1-c1cccc(Cl)c1. The Morgan fingerprint density at radius 2 is 2.35 bits per heavy atom. The van der Waals surface area contributed by atoms with Gasteiger partial charge in [0.05, 0.1) is 11.4 Å². The number of nitrogens with one attached hydrogen (secondary N) is 1. The van der Waals surface area contributed by atoms with Gasteiger partial charge in [-0.2, -0.15) is 0 Å². The van der Waals surface area contributed by atoms with Crippen LogP contribution in [0, 0.1) is 0 Å². The average Bonchev–Trinajstić information content (AvgIpc) is 2.97. The quantitative estimate of drug-likeness (QED) is 0.805. The van der Waals surface area contributed by atoms with Gasteiger partial charge in [0, 0.05) is 17.5 Å². The molecule has 0 bridgehead atoms. The van der Waals surface area contributed by atoms with Crippen molar-refractivity contribution >= 4 is 29.3 Å². The number of nitrogens with zero attached hydrogens (tertiary/aromatic N) is 3. The van der Waals surface area contributed by atoms with Crippen molar-refractivity contribution in [2.45, 2.75) is 23.9 Å². The Balaban J connectivity index is 2.00. The average molecular weight is 353 g/mol. The number of rotatable bonds is 5. The summed E-state index contributed by atoms with van der Waals surface area (Å²) in [4.78, 5) is 10.9. The van der Waals surface area contributed by atoms with Crippen molar-refractivity contribution in [2.75, 3.05) is 18.8 Å². The molecule has 1 aliphatic heterocycles. The molecule has 122 valence electrons. The van der Waals surface area contributed by atoms with E-state index in [0.717, 1.165) is 37.4 Å². The third-order valence-electron chi connectivity index (χ3n) is 3.71. The summed E-state index contributed by atoms with van der Waals surface area (Å²) in [5.41, 5.74) is 0.857. The van der Waals surface area contributed by atoms with Crippen LogP contribution in [-0.2, 0) is 4.79 Å². The number of carboxylic acid groups (broad SMARTS) is 1. The van der Waals surface area contributed by atoms with Gasteiger partial charge in [-0.15, -0.1) is 10.2 Å². The van der Waals surface area contributed by atoms with Crippen LogP contribution in [0.4, 0.5) is 0 Å². The lowest BCUT2D eigenvalue weighted by molar-refractivity contribution is -0.133. The maximum atomic E-state index is 10.9. The molecule has 6 nitrogen and oxygen atoms in total. The molecule has 1 aromatic heterocycles. The Labute approximate surface area is 143 Å². The monoisotopic (exact) mass is 352 g/mol. The number of aromatic nitrogens is 3. The second-order valence-electron chi connectivity index (χ2n) is 5.38. The molecular formula is C15H17ClN4O2S. The van der Waals surface area contributed by atoms with Gasteiger partial charge >= 0.3 is 5.97 Å². The van der Waals surface area contributed by atoms with Crippen molar-refractivity contribution in [3.8, 4) is 5.69 Å². The van der Waals surface area contributed by atoms with E-state index in [1.54, 1.807) is 6.07 Å². The van der Waals surface area contributed by atoms with Crippen molar-refractivity contribution in [2.24, 2.45) is 0 Å². The van der Waals surface area contributed by atoms with E-state index >= 15 is 0 Å². The number of benzene rings is 1. The molecule has 0 aliphatic carbocycles. The zero-order valence-electron chi connectivity index (χ0n) is 12.4. The van der Waals surface area contributed by atoms with Crippen LogP contribution in [-0.4, -0.2) is 44.7 Å². The van der Waals surface area contributed by atoms with Crippen LogP contribution < -0.4 is 5.32 Å². The molecule has 0 saturated carbocycles. The molecule has 2 aromatic rings. The fourth-order valence-corrected chi connectivity index (χ4v) is 3.56. The molecule has 1 atom stereocenters. The summed E-state index contributed by atoms with van der Waals surface area (Å²) >= 11 is 7.28. The minimum Gasteiger partial charge on any atom is -0.481 e. The van der Waals surface area contributed by atoms with E-state index in [0.29, 0.717) is 10.2 Å². The lowest BCUT2D eigenvalue weighted by Crippen LogP contribution is -2.30. The Kier molecular flexibility index (Phi) is 5.20. The number of halogens is 1. The van der Waals surface area contributed by atoms with Gasteiger partial charge in [-0.25, -0.2) is 0 Å². The van der Waals surface area contributed by atoms with Crippen LogP contribution in [0.25, 0.3) is 5.69 Å². The molecule has 1 saturated heterocycles. The zero-order valence-corrected chi connectivity index (χ0v) is 14.0. The van der Waals surface area contributed by atoms with Crippen LogP contribution in [0.1, 0.15) is 24.6 Å². The van der Waals surface area contributed by atoms with Gasteiger partial charge in [-0.1, -0.05) is 29.4 Å². The molecular weight excluding hydrogens is 336 g/mol. The van der Waals surface area contributed by atoms with Gasteiger partial charge in [0.2, 0.25) is 0 Å². The van der Waals surface area contributed by atoms with Crippen LogP contribution in [0.2, 0.25) is 5.02 Å². The van der Waals surface area contributed by atoms with Crippen LogP contribution in [0.3, 0.4) is 0 Å². The first-order valence-electron chi connectivity index (χ1n) is 7.41. The van der Waals surface area contributed by atoms with Gasteiger partial charge in [0.25, 0.3) is 0 Å². The van der Waals surface area contributed by atoms with Gasteiger partial charge in [0.1, 0.15) is 5.82 Å². The molecule has 3 rings (SSSR count). The zero-order chi connectivity index (χ0) is 16.2. The standard InChI is InChI=1S/C15H17ClN4O2S/c16-11-4-1-5-12(7-11)20-14(10-3-2-6-17-8-10)18-19-15(20)23-9-13(21)22/h1,4-5,7,10,17H,2-3,6,8-9H2,(H,21,22)/t10-/m1/s1. The highest BCUT2D eigenvalue weighted by Crippen LogP contribution is 2.29. The first-order chi connectivity index (χ1) is 11.1. The highest BCUT2D eigenvalue weighted by molar-refractivity contribution is 7.99. The van der Waals surface area contributed by atoms with E-state index in [2.05, 4.69) is 15.5 Å². The normalized spacial score (nSPS) is 18.0. The number of aliphatic carboxylic acids is 1. The van der Waals surface area contributed by atoms with Gasteiger partial charge < -0.3 is 10.4 Å². The number of thioether (sulfide) groups is 1. The summed E-state index contributed by atoms with van der Waals surface area (Å²) in [6.07, 6.45) is 2.12. The fourth-order valence-electron chi connectivity index (χ4n) is 2.70. The first kappa shape index (κ1) is 16.3. The summed E-state index contributed by atoms with van der Waals surface area (Å²) in [5, 5.41) is 22.1. The van der Waals surface area contributed by atoms with E-state index in [-0.39, 0.29) is 11.7 Å². The summed E-state index contributed by atoms with van der Waals surface area (Å²) < 4.78 is 1.93. The molecule has 8 heteroatoms. The van der Waals surface area contributed by atoms with Gasteiger partial charge in [0.15, 0.2) is 5.16 Å². The van der Waals surface area contributed by atoms with Crippen LogP contribution in [0.5, 0.6) is 0 Å². The highest BCUT2D eigenvalue weighted by atomic mass is 35.5. The molecule has 0 unspecified atom stereocenters. The second kappa shape index (κ2) is 7.33. The lowest BCUT2D eigenvalue weighted by Gasteiger charge is -2.23. The summed E-state index contributed by atoms with van der Waals surface area (Å²) in [6, 6.07) is 7.45. The third kappa shape index (κ3) is 3.85. The Morgan fingerprint density at radius 3 is 3.04 bits per heavy atom. The van der Waals surface area contributed by atoms with Crippen molar-refractivity contribution in [1.29, 1.82) is 0 Å². The number of carboxylic acids is 1. The smallest absolute Gasteiger partial charge is 0.313 e. The molecule has 1 aliphatic rings. The number of piperidine rings is 1. The second-order valence-corrected chi connectivity index (χ2v) is 6.76. The number of carbonyl (C=O) groups is 1. The van der Waals surface area contributed by atoms with Crippen molar-refractivity contribution < 1.29 is 9.90 Å². The molecule has 2 heterocycles. The van der Waals surface area contributed by atoms with Crippen molar-refractivity contribution in [3.05, 3.63) is 35.1 Å². The fraction of sp³-hybridized carbons (Fsp3) is 0.400. The van der Waals surface area contributed by atoms with Crippen molar-refractivity contribution in [3.63, 3.8) is 0 Å². The van der Waals surface area contributed by atoms with Gasteiger partial charge in [-0.3, -0.25) is 9.36 Å². The summed E-state index contributed by atoms with van der Waals surface area (Å²) in [5.74, 6) is 0.181. The molecule has 0 amide bonds. The Morgan fingerprint density at radius 1 is 1.48 bits per heavy atom. The maximum Gasteiger partial charge on any atom is 0.313 e. The molecule has 1 fully saturated rings. The van der Waals surface area contributed by atoms with E-state index in [1.165, 1.54) is 11.8 Å². The van der Waals surface area contributed by atoms with E-state index in [9.17, 15) is 4.79 Å². The van der Waals surface area contributed by atoms with Crippen LogP contribution >= 0.6 is 23.4 Å². The molecule has 1 aromatic carbocycles. The molecule has 23 heavy (non-hydrogen) atoms. The van der Waals surface area contributed by atoms with Crippen LogP contribution in [0.15, 0.2) is 29.4 Å². The highest BCUT2D eigenvalue weighted by Gasteiger charge is 2.24. The minimum atomic E-state index is -0.878. The minimum absolute atomic E-state index is 0.0540. The molecule has 0 spiro atoms. The molecule has 2 N–H and O–H groups in total. The summed E-state index contributed by atoms with van der Waals surface area (Å²) in [7, 11) is 0. The Bertz CT molecular complexity index is 701. The maximum absolute atomic E-state index is 10.9. The first-order valence-corrected chi connectivity index (χ1v) is 8.78. The van der Waals surface area contributed by atoms with Gasteiger partial charge in [-0.05, 0) is 37.6 Å². The van der Waals surface area contributed by atoms with E-state index < -0.39 is 5.97 Å². The molecule has 0 radical (unpaired) electrons. The Hall–Kier alpha value is -1.57. The van der Waals surface area contributed by atoms with Crippen molar-refractivity contribution in [1.82, 2.24) is 20.1 Å². The number of hydrogen-bond donors (Lipinski definition) is 2. The predicted octanol–water partition coefficient (Wildman–Crippen LogP) is 2.56. The predicted molar refractivity (Wildman–Crippen MR) is 89.6 cm³/mol. The largest absolute Gasteiger partial charge is 0.481 e. The van der Waals surface area contributed by atoms with E-state index in [1.807, 2.05) is 22.8 Å². The number of hydrogen-bond acceptors (Lipinski definition) is 5. The third-order valence-corrected chi connectivity index (χ3v) is 4.86. The van der Waals surface area contributed by atoms with E-state index in [4.69, 9.17) is 16.7 Å². The summed E-state index contributed by atoms with van der Waals surface area (Å²) in [6.45, 7) is 1.87.